The largest absolute Gasteiger partial charge is 0.385 e. The van der Waals surface area contributed by atoms with Crippen LogP contribution in [0.5, 0.6) is 0 Å². The molecule has 1 aromatic carbocycles. The quantitative estimate of drug-likeness (QED) is 0.486. The Hall–Kier alpha value is -1.60. The number of hydrogen-bond donors (Lipinski definition) is 0. The molecule has 148 valence electrons. The van der Waals surface area contributed by atoms with E-state index in [9.17, 15) is 9.59 Å². The van der Waals surface area contributed by atoms with Gasteiger partial charge in [-0.25, -0.2) is 0 Å². The molecule has 1 heterocycles. The van der Waals surface area contributed by atoms with E-state index in [2.05, 4.69) is 17.0 Å². The number of rotatable bonds is 9. The minimum Gasteiger partial charge on any atom is -0.385 e. The Labute approximate surface area is 160 Å². The Kier molecular flexibility index (Phi) is 7.13. The van der Waals surface area contributed by atoms with Crippen LogP contribution in [0.1, 0.15) is 30.9 Å². The zero-order valence-electron chi connectivity index (χ0n) is 16.1. The van der Waals surface area contributed by atoms with Gasteiger partial charge in [-0.05, 0) is 31.4 Å². The van der Waals surface area contributed by atoms with Gasteiger partial charge in [-0.15, -0.1) is 0 Å². The summed E-state index contributed by atoms with van der Waals surface area (Å²) in [7, 11) is 3.19. The molecule has 4 atom stereocenters. The van der Waals surface area contributed by atoms with Gasteiger partial charge in [0.15, 0.2) is 0 Å². The van der Waals surface area contributed by atoms with E-state index < -0.39 is 17.9 Å². The number of nitrogens with zero attached hydrogens (tertiary/aromatic N) is 1. The second kappa shape index (κ2) is 9.55. The van der Waals surface area contributed by atoms with Crippen LogP contribution in [-0.4, -0.2) is 69.1 Å². The second-order valence-electron chi connectivity index (χ2n) is 7.28. The normalized spacial score (nSPS) is 27.4. The van der Waals surface area contributed by atoms with Crippen LogP contribution in [0.4, 0.5) is 0 Å². The molecule has 1 saturated heterocycles. The zero-order valence-corrected chi connectivity index (χ0v) is 16.1. The minimum absolute atomic E-state index is 0.0299. The molecule has 2 fully saturated rings. The highest BCUT2D eigenvalue weighted by atomic mass is 16.5. The Morgan fingerprint density at radius 2 is 1.89 bits per heavy atom. The van der Waals surface area contributed by atoms with Gasteiger partial charge in [0.05, 0.1) is 6.10 Å². The maximum atomic E-state index is 12.1. The molecule has 4 unspecified atom stereocenters. The monoisotopic (exact) mass is 375 g/mol. The molecular weight excluding hydrogens is 346 g/mol. The van der Waals surface area contributed by atoms with Crippen LogP contribution < -0.4 is 0 Å². The fourth-order valence-corrected chi connectivity index (χ4v) is 4.16. The van der Waals surface area contributed by atoms with Crippen molar-refractivity contribution >= 4 is 11.6 Å². The first-order valence-electron chi connectivity index (χ1n) is 9.67. The average Bonchev–Trinajstić information content (AvgIpc) is 2.72. The van der Waals surface area contributed by atoms with E-state index in [1.165, 1.54) is 7.11 Å². The summed E-state index contributed by atoms with van der Waals surface area (Å²) in [5, 5.41) is 0. The molecule has 3 rings (SSSR count). The molecule has 0 bridgehead atoms. The van der Waals surface area contributed by atoms with E-state index in [0.717, 1.165) is 37.9 Å². The number of benzene rings is 1. The van der Waals surface area contributed by atoms with Gasteiger partial charge in [0.2, 0.25) is 11.6 Å². The summed E-state index contributed by atoms with van der Waals surface area (Å²) in [4.78, 5) is 26.0. The third kappa shape index (κ3) is 4.46. The van der Waals surface area contributed by atoms with E-state index in [1.807, 2.05) is 18.2 Å². The molecule has 0 N–H and O–H groups in total. The van der Waals surface area contributed by atoms with Crippen molar-refractivity contribution in [2.45, 2.75) is 37.5 Å². The second-order valence-corrected chi connectivity index (χ2v) is 7.28. The van der Waals surface area contributed by atoms with Gasteiger partial charge in [0, 0.05) is 39.9 Å². The van der Waals surface area contributed by atoms with Crippen LogP contribution in [0.3, 0.4) is 0 Å². The van der Waals surface area contributed by atoms with Crippen LogP contribution in [0, 0.1) is 5.92 Å². The summed E-state index contributed by atoms with van der Waals surface area (Å²) in [6.45, 7) is 2.84. The van der Waals surface area contributed by atoms with Gasteiger partial charge in [-0.1, -0.05) is 30.3 Å². The van der Waals surface area contributed by atoms with Crippen molar-refractivity contribution in [2.75, 3.05) is 40.5 Å². The van der Waals surface area contributed by atoms with Crippen molar-refractivity contribution in [1.82, 2.24) is 4.90 Å². The Morgan fingerprint density at radius 1 is 1.11 bits per heavy atom. The fourth-order valence-electron chi connectivity index (χ4n) is 4.16. The average molecular weight is 375 g/mol. The smallest absolute Gasteiger partial charge is 0.230 e. The van der Waals surface area contributed by atoms with Gasteiger partial charge < -0.3 is 14.2 Å². The number of likely N-dealkylation sites (tertiary alicyclic amines) is 1. The molecule has 0 radical (unpaired) electrons. The molecule has 1 aliphatic heterocycles. The molecule has 0 spiro atoms. The minimum atomic E-state index is -0.617. The van der Waals surface area contributed by atoms with Crippen molar-refractivity contribution < 1.29 is 23.8 Å². The first-order valence-corrected chi connectivity index (χ1v) is 9.67. The van der Waals surface area contributed by atoms with Gasteiger partial charge in [-0.2, -0.15) is 0 Å². The lowest BCUT2D eigenvalue weighted by Gasteiger charge is -2.45. The van der Waals surface area contributed by atoms with Crippen molar-refractivity contribution in [1.29, 1.82) is 0 Å². The summed E-state index contributed by atoms with van der Waals surface area (Å²) >= 11 is 0. The molecule has 1 saturated carbocycles. The van der Waals surface area contributed by atoms with Gasteiger partial charge in [0.25, 0.3) is 0 Å². The maximum Gasteiger partial charge on any atom is 0.230 e. The number of carbonyl (C=O) groups is 2. The Bertz CT molecular complexity index is 635. The molecule has 2 aliphatic rings. The topological polar surface area (TPSA) is 65.1 Å². The van der Waals surface area contributed by atoms with Gasteiger partial charge in [-0.3, -0.25) is 14.5 Å². The van der Waals surface area contributed by atoms with E-state index in [1.54, 1.807) is 7.11 Å². The number of Topliss-reactive ketones (excluding diaryl/α,β-unsaturated/α-hetero) is 2. The first-order chi connectivity index (χ1) is 13.2. The summed E-state index contributed by atoms with van der Waals surface area (Å²) in [6, 6.07) is 9.80. The Balaban J connectivity index is 1.70. The van der Waals surface area contributed by atoms with E-state index in [-0.39, 0.29) is 17.8 Å². The highest BCUT2D eigenvalue weighted by Crippen LogP contribution is 2.35. The van der Waals surface area contributed by atoms with Crippen LogP contribution in [0.15, 0.2) is 30.3 Å². The summed E-state index contributed by atoms with van der Waals surface area (Å²) < 4.78 is 16.6. The lowest BCUT2D eigenvalue weighted by Crippen LogP contribution is -2.67. The number of ether oxygens (including phenoxy) is 3. The summed E-state index contributed by atoms with van der Waals surface area (Å²) in [5.74, 6) is -0.454. The molecule has 6 heteroatoms. The molecule has 6 nitrogen and oxygen atoms in total. The summed E-state index contributed by atoms with van der Waals surface area (Å²) in [5.41, 5.74) is 1.15. The standard InChI is InChI=1S/C21H29NO5/c1-25-12-7-13-27-20(15-8-4-3-5-9-15)16-10-6-11-22(14-16)17-18(23)19(24)21(17)26-2/h3-5,8-9,16-17,20-21H,6-7,10-14H2,1-2H3. The van der Waals surface area contributed by atoms with Crippen molar-refractivity contribution in [3.05, 3.63) is 35.9 Å². The van der Waals surface area contributed by atoms with Crippen LogP contribution in [0.25, 0.3) is 0 Å². The van der Waals surface area contributed by atoms with E-state index in [4.69, 9.17) is 14.2 Å². The highest BCUT2D eigenvalue weighted by molar-refractivity contribution is 6.48. The SMILES string of the molecule is COCCCOC(c1ccccc1)C1CCCN(C2C(=O)C(=O)C2OC)C1. The highest BCUT2D eigenvalue weighted by Gasteiger charge is 2.53. The lowest BCUT2D eigenvalue weighted by atomic mass is 9.80. The number of carbonyl (C=O) groups excluding carboxylic acids is 2. The number of hydrogen-bond acceptors (Lipinski definition) is 6. The van der Waals surface area contributed by atoms with E-state index >= 15 is 0 Å². The summed E-state index contributed by atoms with van der Waals surface area (Å²) in [6.07, 6.45) is 2.21. The molecule has 1 aromatic rings. The maximum absolute atomic E-state index is 12.1. The predicted molar refractivity (Wildman–Crippen MR) is 101 cm³/mol. The number of methoxy groups -OCH3 is 2. The van der Waals surface area contributed by atoms with Gasteiger partial charge in [0.1, 0.15) is 12.1 Å². The first kappa shape index (κ1) is 20.1. The van der Waals surface area contributed by atoms with Crippen molar-refractivity contribution in [3.8, 4) is 0 Å². The zero-order chi connectivity index (χ0) is 19.2. The fraction of sp³-hybridized carbons (Fsp3) is 0.619. The van der Waals surface area contributed by atoms with Crippen molar-refractivity contribution in [3.63, 3.8) is 0 Å². The molecule has 0 aromatic heterocycles. The van der Waals surface area contributed by atoms with Crippen LogP contribution in [-0.2, 0) is 23.8 Å². The number of piperidine rings is 1. The molecule has 27 heavy (non-hydrogen) atoms. The van der Waals surface area contributed by atoms with Gasteiger partial charge >= 0.3 is 0 Å². The van der Waals surface area contributed by atoms with Crippen LogP contribution >= 0.6 is 0 Å². The lowest BCUT2D eigenvalue weighted by molar-refractivity contribution is -0.165. The molecule has 1 aliphatic carbocycles. The number of ketones is 2. The van der Waals surface area contributed by atoms with Crippen molar-refractivity contribution in [2.24, 2.45) is 5.92 Å². The third-order valence-corrected chi connectivity index (χ3v) is 5.54. The molecular formula is C21H29NO5. The molecule has 0 amide bonds. The Morgan fingerprint density at radius 3 is 2.59 bits per heavy atom. The predicted octanol–water partition coefficient (Wildman–Crippen LogP) is 2.03. The van der Waals surface area contributed by atoms with Crippen LogP contribution in [0.2, 0.25) is 0 Å². The third-order valence-electron chi connectivity index (χ3n) is 5.54. The van der Waals surface area contributed by atoms with E-state index in [0.29, 0.717) is 13.2 Å².